The largest absolute Gasteiger partial charge is 0.330 e. The fourth-order valence-electron chi connectivity index (χ4n) is 3.45. The molecular weight excluding hydrogens is 379 g/mol. The van der Waals surface area contributed by atoms with Crippen molar-refractivity contribution in [3.63, 3.8) is 0 Å². The highest BCUT2D eigenvalue weighted by Crippen LogP contribution is 2.24. The molecule has 3 aromatic rings. The molecule has 0 fully saturated rings. The van der Waals surface area contributed by atoms with Gasteiger partial charge in [0.15, 0.2) is 0 Å². The third-order valence-electron chi connectivity index (χ3n) is 4.81. The molecule has 2 amide bonds. The lowest BCUT2D eigenvalue weighted by atomic mass is 10.2. The maximum Gasteiger partial charge on any atom is 0.280 e. The van der Waals surface area contributed by atoms with Crippen LogP contribution in [0.5, 0.6) is 0 Å². The Balaban J connectivity index is 1.78. The van der Waals surface area contributed by atoms with Gasteiger partial charge in [0.05, 0.1) is 24.0 Å². The Labute approximate surface area is 164 Å². The Kier molecular flexibility index (Phi) is 4.40. The van der Waals surface area contributed by atoms with Gasteiger partial charge in [-0.15, -0.1) is 0 Å². The van der Waals surface area contributed by atoms with Crippen molar-refractivity contribution in [2.24, 2.45) is 0 Å². The number of rotatable bonds is 4. The molecule has 0 radical (unpaired) electrons. The van der Waals surface area contributed by atoms with E-state index < -0.39 is 11.7 Å². The quantitative estimate of drug-likeness (QED) is 0.715. The van der Waals surface area contributed by atoms with Crippen LogP contribution >= 0.6 is 0 Å². The summed E-state index contributed by atoms with van der Waals surface area (Å²) in [6.45, 7) is 5.39. The van der Waals surface area contributed by atoms with Crippen LogP contribution in [-0.2, 0) is 17.9 Å². The van der Waals surface area contributed by atoms with Gasteiger partial charge >= 0.3 is 0 Å². The number of halogens is 1. The second-order valence-corrected chi connectivity index (χ2v) is 7.21. The van der Waals surface area contributed by atoms with Gasteiger partial charge in [0.1, 0.15) is 29.5 Å². The van der Waals surface area contributed by atoms with Gasteiger partial charge < -0.3 is 14.8 Å². The standard InChI is InChI=1S/C19H19FN6O3/c1-10(2)24-8-13-17(19(24)29)25(16-6-11(3)23-26(16)18(13)28)9-15(27)22-14-5-4-12(20)7-21-14/h4-7,10H,8-9H2,1-3H3,(H,21,22,27). The number of aryl methyl sites for hydroxylation is 1. The number of amides is 2. The molecule has 0 unspecified atom stereocenters. The molecule has 4 rings (SSSR count). The average molecular weight is 398 g/mol. The summed E-state index contributed by atoms with van der Waals surface area (Å²) in [5.74, 6) is -1.10. The molecule has 150 valence electrons. The lowest BCUT2D eigenvalue weighted by molar-refractivity contribution is -0.116. The Bertz CT molecular complexity index is 1200. The molecule has 9 nitrogen and oxygen atoms in total. The number of aromatic nitrogens is 4. The maximum absolute atomic E-state index is 13.0. The lowest BCUT2D eigenvalue weighted by Crippen LogP contribution is -2.32. The van der Waals surface area contributed by atoms with Gasteiger partial charge in [0, 0.05) is 12.1 Å². The SMILES string of the molecule is Cc1cc2n(CC(=O)Nc3ccc(F)cn3)c3c(c(=O)n2n1)CN(C(C)C)C3=O. The molecule has 4 heterocycles. The summed E-state index contributed by atoms with van der Waals surface area (Å²) in [6, 6.07) is 4.07. The molecule has 0 aromatic carbocycles. The number of hydrogen-bond acceptors (Lipinski definition) is 5. The zero-order valence-electron chi connectivity index (χ0n) is 16.1. The van der Waals surface area contributed by atoms with Crippen LogP contribution in [0.25, 0.3) is 5.65 Å². The molecule has 0 bridgehead atoms. The van der Waals surface area contributed by atoms with Crippen molar-refractivity contribution in [2.45, 2.75) is 39.9 Å². The van der Waals surface area contributed by atoms with E-state index in [9.17, 15) is 18.8 Å². The summed E-state index contributed by atoms with van der Waals surface area (Å²) in [5.41, 5.74) is 1.09. The summed E-state index contributed by atoms with van der Waals surface area (Å²) < 4.78 is 15.7. The van der Waals surface area contributed by atoms with Crippen molar-refractivity contribution in [1.82, 2.24) is 24.1 Å². The van der Waals surface area contributed by atoms with Crippen molar-refractivity contribution >= 4 is 23.3 Å². The van der Waals surface area contributed by atoms with E-state index in [0.29, 0.717) is 16.9 Å². The lowest BCUT2D eigenvalue weighted by Gasteiger charge is -2.20. The first-order valence-corrected chi connectivity index (χ1v) is 9.10. The minimum atomic E-state index is -0.517. The van der Waals surface area contributed by atoms with Crippen molar-refractivity contribution in [2.75, 3.05) is 5.32 Å². The van der Waals surface area contributed by atoms with Crippen LogP contribution < -0.4 is 10.9 Å². The third kappa shape index (κ3) is 3.16. The summed E-state index contributed by atoms with van der Waals surface area (Å²) in [6.07, 6.45) is 0.995. The van der Waals surface area contributed by atoms with Crippen molar-refractivity contribution < 1.29 is 14.0 Å². The number of carbonyl (C=O) groups is 2. The molecule has 0 saturated carbocycles. The zero-order chi connectivity index (χ0) is 20.9. The van der Waals surface area contributed by atoms with E-state index in [1.165, 1.54) is 21.2 Å². The summed E-state index contributed by atoms with van der Waals surface area (Å²) in [4.78, 5) is 43.9. The van der Waals surface area contributed by atoms with Crippen LogP contribution in [0.4, 0.5) is 10.2 Å². The number of anilines is 1. The van der Waals surface area contributed by atoms with Crippen molar-refractivity contribution in [1.29, 1.82) is 0 Å². The van der Waals surface area contributed by atoms with Crippen LogP contribution in [0.15, 0.2) is 29.2 Å². The molecule has 3 aromatic heterocycles. The molecule has 29 heavy (non-hydrogen) atoms. The number of fused-ring (bicyclic) bond motifs is 2. The summed E-state index contributed by atoms with van der Waals surface area (Å²) >= 11 is 0. The van der Waals surface area contributed by atoms with E-state index in [4.69, 9.17) is 0 Å². The van der Waals surface area contributed by atoms with Gasteiger partial charge in [-0.3, -0.25) is 14.4 Å². The first-order valence-electron chi connectivity index (χ1n) is 9.10. The number of hydrogen-bond donors (Lipinski definition) is 1. The average Bonchev–Trinajstić information content (AvgIpc) is 3.21. The summed E-state index contributed by atoms with van der Waals surface area (Å²) in [5, 5.41) is 6.79. The zero-order valence-corrected chi connectivity index (χ0v) is 16.1. The highest BCUT2D eigenvalue weighted by atomic mass is 19.1. The molecule has 1 N–H and O–H groups in total. The predicted molar refractivity (Wildman–Crippen MR) is 102 cm³/mol. The monoisotopic (exact) mass is 398 g/mol. The van der Waals surface area contributed by atoms with E-state index >= 15 is 0 Å². The minimum Gasteiger partial charge on any atom is -0.330 e. The Morgan fingerprint density at radius 1 is 1.31 bits per heavy atom. The normalized spacial score (nSPS) is 13.4. The van der Waals surface area contributed by atoms with E-state index in [-0.39, 0.29) is 42.1 Å². The fraction of sp³-hybridized carbons (Fsp3) is 0.316. The Morgan fingerprint density at radius 3 is 2.72 bits per heavy atom. The molecular formula is C19H19FN6O3. The van der Waals surface area contributed by atoms with Gasteiger partial charge in [0.2, 0.25) is 5.91 Å². The van der Waals surface area contributed by atoms with Gasteiger partial charge in [0.25, 0.3) is 11.5 Å². The number of nitrogens with zero attached hydrogens (tertiary/aromatic N) is 5. The maximum atomic E-state index is 13.0. The van der Waals surface area contributed by atoms with Crippen LogP contribution in [0.1, 0.15) is 35.6 Å². The van der Waals surface area contributed by atoms with Crippen LogP contribution in [0, 0.1) is 12.7 Å². The first kappa shape index (κ1) is 18.8. The van der Waals surface area contributed by atoms with Gasteiger partial charge in [-0.05, 0) is 32.9 Å². The summed E-state index contributed by atoms with van der Waals surface area (Å²) in [7, 11) is 0. The number of pyridine rings is 1. The third-order valence-corrected chi connectivity index (χ3v) is 4.81. The molecule has 1 aliphatic heterocycles. The first-order chi connectivity index (χ1) is 13.8. The van der Waals surface area contributed by atoms with Crippen molar-refractivity contribution in [3.05, 3.63) is 57.5 Å². The molecule has 1 aliphatic rings. The van der Waals surface area contributed by atoms with E-state index in [0.717, 1.165) is 6.20 Å². The van der Waals surface area contributed by atoms with Crippen LogP contribution in [0.2, 0.25) is 0 Å². The molecule has 0 aliphatic carbocycles. The van der Waals surface area contributed by atoms with Gasteiger partial charge in [-0.1, -0.05) is 0 Å². The smallest absolute Gasteiger partial charge is 0.280 e. The second kappa shape index (κ2) is 6.80. The van der Waals surface area contributed by atoms with Crippen LogP contribution in [-0.4, -0.2) is 41.9 Å². The molecule has 0 spiro atoms. The van der Waals surface area contributed by atoms with Crippen molar-refractivity contribution in [3.8, 4) is 0 Å². The topological polar surface area (TPSA) is 102 Å². The second-order valence-electron chi connectivity index (χ2n) is 7.21. The minimum absolute atomic E-state index is 0.103. The molecule has 0 saturated heterocycles. The van der Waals surface area contributed by atoms with E-state index in [1.54, 1.807) is 17.9 Å². The van der Waals surface area contributed by atoms with Crippen LogP contribution in [0.3, 0.4) is 0 Å². The Morgan fingerprint density at radius 2 is 2.07 bits per heavy atom. The van der Waals surface area contributed by atoms with Gasteiger partial charge in [-0.25, -0.2) is 9.37 Å². The highest BCUT2D eigenvalue weighted by molar-refractivity contribution is 5.98. The number of nitrogens with one attached hydrogen (secondary N) is 1. The Hall–Kier alpha value is -3.56. The van der Waals surface area contributed by atoms with Gasteiger partial charge in [-0.2, -0.15) is 9.61 Å². The predicted octanol–water partition coefficient (Wildman–Crippen LogP) is 1.34. The van der Waals surface area contributed by atoms with E-state index in [1.807, 2.05) is 13.8 Å². The molecule has 0 atom stereocenters. The van der Waals surface area contributed by atoms with E-state index in [2.05, 4.69) is 15.4 Å². The highest BCUT2D eigenvalue weighted by Gasteiger charge is 2.36. The number of carbonyl (C=O) groups excluding carboxylic acids is 2. The fourth-order valence-corrected chi connectivity index (χ4v) is 3.45. The molecule has 10 heteroatoms.